The van der Waals surface area contributed by atoms with Gasteiger partial charge in [-0.1, -0.05) is 12.8 Å². The fraction of sp³-hybridized carbons (Fsp3) is 0.609. The number of likely N-dealkylation sites (tertiary alicyclic amines) is 2. The molecular weight excluding hydrogens is 396 g/mol. The zero-order chi connectivity index (χ0) is 21.6. The summed E-state index contributed by atoms with van der Waals surface area (Å²) in [6.45, 7) is 4.90. The van der Waals surface area contributed by atoms with Crippen LogP contribution >= 0.6 is 0 Å². The maximum atomic E-state index is 12.8. The second kappa shape index (κ2) is 10.1. The Bertz CT molecular complexity index is 814. The van der Waals surface area contributed by atoms with Gasteiger partial charge in [-0.3, -0.25) is 19.3 Å². The fourth-order valence-electron chi connectivity index (χ4n) is 4.52. The number of benzene rings is 1. The average Bonchev–Trinajstić information content (AvgIpc) is 3.19. The van der Waals surface area contributed by atoms with Gasteiger partial charge >= 0.3 is 0 Å². The van der Waals surface area contributed by atoms with Gasteiger partial charge in [0.25, 0.3) is 11.8 Å². The van der Waals surface area contributed by atoms with Crippen molar-refractivity contribution in [2.24, 2.45) is 0 Å². The van der Waals surface area contributed by atoms with Gasteiger partial charge < -0.3 is 19.9 Å². The van der Waals surface area contributed by atoms with Crippen LogP contribution in [0.3, 0.4) is 0 Å². The van der Waals surface area contributed by atoms with Crippen molar-refractivity contribution in [2.75, 3.05) is 57.3 Å². The summed E-state index contributed by atoms with van der Waals surface area (Å²) in [5.74, 6) is 0.00310. The van der Waals surface area contributed by atoms with Gasteiger partial charge in [0, 0.05) is 31.7 Å². The van der Waals surface area contributed by atoms with Crippen molar-refractivity contribution >= 4 is 23.4 Å². The molecule has 168 valence electrons. The number of nitrogens with zero attached hydrogens (tertiary/aromatic N) is 3. The van der Waals surface area contributed by atoms with Crippen LogP contribution in [0, 0.1) is 0 Å². The van der Waals surface area contributed by atoms with Gasteiger partial charge in [0.15, 0.2) is 6.61 Å². The van der Waals surface area contributed by atoms with E-state index in [1.807, 2.05) is 4.90 Å². The first kappa shape index (κ1) is 21.6. The van der Waals surface area contributed by atoms with E-state index in [0.29, 0.717) is 23.5 Å². The molecule has 8 nitrogen and oxygen atoms in total. The molecule has 0 radical (unpaired) electrons. The summed E-state index contributed by atoms with van der Waals surface area (Å²) in [7, 11) is 0. The molecule has 0 spiro atoms. The van der Waals surface area contributed by atoms with E-state index in [1.54, 1.807) is 18.2 Å². The molecule has 1 aromatic carbocycles. The van der Waals surface area contributed by atoms with Crippen molar-refractivity contribution in [1.29, 1.82) is 0 Å². The maximum Gasteiger partial charge on any atom is 0.265 e. The Labute approximate surface area is 183 Å². The topological polar surface area (TPSA) is 82.2 Å². The predicted octanol–water partition coefficient (Wildman–Crippen LogP) is 1.64. The lowest BCUT2D eigenvalue weighted by Gasteiger charge is -2.29. The van der Waals surface area contributed by atoms with Gasteiger partial charge in [0.1, 0.15) is 12.3 Å². The highest BCUT2D eigenvalue weighted by Crippen LogP contribution is 2.33. The highest BCUT2D eigenvalue weighted by molar-refractivity contribution is 6.04. The van der Waals surface area contributed by atoms with E-state index >= 15 is 0 Å². The van der Waals surface area contributed by atoms with Crippen LogP contribution < -0.4 is 15.0 Å². The third kappa shape index (κ3) is 5.36. The Morgan fingerprint density at radius 2 is 1.68 bits per heavy atom. The largest absolute Gasteiger partial charge is 0.482 e. The molecule has 31 heavy (non-hydrogen) atoms. The highest BCUT2D eigenvalue weighted by atomic mass is 16.5. The summed E-state index contributed by atoms with van der Waals surface area (Å²) in [5.41, 5.74) is 1.01. The van der Waals surface area contributed by atoms with E-state index in [9.17, 15) is 14.4 Å². The molecule has 2 fully saturated rings. The summed E-state index contributed by atoms with van der Waals surface area (Å²) in [6, 6.07) is 5.13. The van der Waals surface area contributed by atoms with Crippen LogP contribution in [0.2, 0.25) is 0 Å². The summed E-state index contributed by atoms with van der Waals surface area (Å²) in [4.78, 5) is 43.5. The van der Waals surface area contributed by atoms with E-state index in [-0.39, 0.29) is 30.9 Å². The van der Waals surface area contributed by atoms with Crippen molar-refractivity contribution in [3.8, 4) is 5.75 Å². The summed E-state index contributed by atoms with van der Waals surface area (Å²) in [6.07, 6.45) is 7.02. The van der Waals surface area contributed by atoms with Crippen LogP contribution in [0.5, 0.6) is 5.75 Å². The van der Waals surface area contributed by atoms with E-state index in [4.69, 9.17) is 4.74 Å². The van der Waals surface area contributed by atoms with Crippen LogP contribution in [-0.2, 0) is 9.59 Å². The SMILES string of the molecule is O=C(CN1C(=O)COc2ccc(C(=O)N3CCCC3)cc21)NCCN1CCCCCC1. The molecule has 0 bridgehead atoms. The van der Waals surface area contributed by atoms with E-state index < -0.39 is 0 Å². The Morgan fingerprint density at radius 3 is 2.42 bits per heavy atom. The number of rotatable bonds is 6. The maximum absolute atomic E-state index is 12.8. The quantitative estimate of drug-likeness (QED) is 0.745. The monoisotopic (exact) mass is 428 g/mol. The lowest BCUT2D eigenvalue weighted by molar-refractivity contribution is -0.125. The Balaban J connectivity index is 1.37. The molecule has 0 aromatic heterocycles. The Morgan fingerprint density at radius 1 is 0.968 bits per heavy atom. The highest BCUT2D eigenvalue weighted by Gasteiger charge is 2.29. The second-order valence-electron chi connectivity index (χ2n) is 8.56. The normalized spacial score (nSPS) is 19.5. The molecule has 4 rings (SSSR count). The molecule has 3 heterocycles. The summed E-state index contributed by atoms with van der Waals surface area (Å²) < 4.78 is 5.53. The number of fused-ring (bicyclic) bond motifs is 1. The summed E-state index contributed by atoms with van der Waals surface area (Å²) in [5, 5.41) is 2.94. The average molecular weight is 429 g/mol. The van der Waals surface area contributed by atoms with Crippen molar-refractivity contribution in [3.05, 3.63) is 23.8 Å². The number of nitrogens with one attached hydrogen (secondary N) is 1. The van der Waals surface area contributed by atoms with Crippen LogP contribution in [0.1, 0.15) is 48.9 Å². The van der Waals surface area contributed by atoms with Gasteiger partial charge in [0.05, 0.1) is 5.69 Å². The minimum absolute atomic E-state index is 0.0415. The number of anilines is 1. The van der Waals surface area contributed by atoms with Crippen LogP contribution in [0.15, 0.2) is 18.2 Å². The molecule has 1 N–H and O–H groups in total. The van der Waals surface area contributed by atoms with E-state index in [0.717, 1.165) is 45.6 Å². The molecule has 0 aliphatic carbocycles. The van der Waals surface area contributed by atoms with Crippen LogP contribution in [-0.4, -0.2) is 79.9 Å². The number of carbonyl (C=O) groups excluding carboxylic acids is 3. The van der Waals surface area contributed by atoms with Gasteiger partial charge in [-0.15, -0.1) is 0 Å². The lowest BCUT2D eigenvalue weighted by atomic mass is 10.1. The molecular formula is C23H32N4O4. The predicted molar refractivity (Wildman–Crippen MR) is 117 cm³/mol. The smallest absolute Gasteiger partial charge is 0.265 e. The lowest BCUT2D eigenvalue weighted by Crippen LogP contribution is -2.46. The van der Waals surface area contributed by atoms with Crippen molar-refractivity contribution in [1.82, 2.24) is 15.1 Å². The fourth-order valence-corrected chi connectivity index (χ4v) is 4.52. The summed E-state index contributed by atoms with van der Waals surface area (Å²) >= 11 is 0. The zero-order valence-electron chi connectivity index (χ0n) is 18.1. The standard InChI is InChI=1S/C23H32N4O4/c28-21(24-9-14-25-10-3-1-2-4-11-25)16-27-19-15-18(23(30)26-12-5-6-13-26)7-8-20(19)31-17-22(27)29/h7-8,15H,1-6,9-14,16-17H2,(H,24,28). The van der Waals surface area contributed by atoms with Crippen molar-refractivity contribution in [2.45, 2.75) is 38.5 Å². The molecule has 3 amide bonds. The first-order chi connectivity index (χ1) is 15.1. The van der Waals surface area contributed by atoms with Crippen molar-refractivity contribution in [3.63, 3.8) is 0 Å². The van der Waals surface area contributed by atoms with Gasteiger partial charge in [-0.25, -0.2) is 0 Å². The third-order valence-electron chi connectivity index (χ3n) is 6.29. The van der Waals surface area contributed by atoms with Crippen LogP contribution in [0.4, 0.5) is 5.69 Å². The molecule has 3 aliphatic heterocycles. The minimum atomic E-state index is -0.277. The minimum Gasteiger partial charge on any atom is -0.482 e. The Kier molecular flexibility index (Phi) is 7.06. The van der Waals surface area contributed by atoms with Gasteiger partial charge in [-0.2, -0.15) is 0 Å². The number of carbonyl (C=O) groups is 3. The van der Waals surface area contributed by atoms with E-state index in [1.165, 1.54) is 30.6 Å². The third-order valence-corrected chi connectivity index (χ3v) is 6.29. The number of hydrogen-bond donors (Lipinski definition) is 1. The van der Waals surface area contributed by atoms with Crippen LogP contribution in [0.25, 0.3) is 0 Å². The molecule has 0 saturated carbocycles. The first-order valence-electron chi connectivity index (χ1n) is 11.5. The molecule has 0 atom stereocenters. The van der Waals surface area contributed by atoms with Gasteiger partial charge in [-0.05, 0) is 57.0 Å². The number of hydrogen-bond acceptors (Lipinski definition) is 5. The first-order valence-corrected chi connectivity index (χ1v) is 11.5. The zero-order valence-corrected chi connectivity index (χ0v) is 18.1. The molecule has 2 saturated heterocycles. The molecule has 8 heteroatoms. The Hall–Kier alpha value is -2.61. The molecule has 3 aliphatic rings. The number of ether oxygens (including phenoxy) is 1. The molecule has 0 unspecified atom stereocenters. The van der Waals surface area contributed by atoms with E-state index in [2.05, 4.69) is 10.2 Å². The molecule has 1 aromatic rings. The van der Waals surface area contributed by atoms with Gasteiger partial charge in [0.2, 0.25) is 5.91 Å². The van der Waals surface area contributed by atoms with Crippen molar-refractivity contribution < 1.29 is 19.1 Å². The number of amides is 3. The second-order valence-corrected chi connectivity index (χ2v) is 8.56.